The second-order valence-electron chi connectivity index (χ2n) is 4.82. The molecule has 1 aromatic rings. The summed E-state index contributed by atoms with van der Waals surface area (Å²) < 4.78 is 31.5. The Kier molecular flexibility index (Phi) is 6.99. The Balaban J connectivity index is 3.12. The quantitative estimate of drug-likeness (QED) is 0.732. The van der Waals surface area contributed by atoms with Gasteiger partial charge in [0.15, 0.2) is 0 Å². The molecule has 0 aliphatic carbocycles. The lowest BCUT2D eigenvalue weighted by atomic mass is 10.1. The van der Waals surface area contributed by atoms with Gasteiger partial charge in [0.2, 0.25) is 10.0 Å². The largest absolute Gasteiger partial charge is 0.383 e. The molecule has 0 radical (unpaired) electrons. The number of rotatable bonds is 8. The summed E-state index contributed by atoms with van der Waals surface area (Å²) in [4.78, 5) is 12.2. The van der Waals surface area contributed by atoms with Gasteiger partial charge in [-0.25, -0.2) is 8.42 Å². The highest BCUT2D eigenvalue weighted by molar-refractivity contribution is 7.89. The van der Waals surface area contributed by atoms with Crippen molar-refractivity contribution in [2.75, 3.05) is 33.4 Å². The Bertz CT molecular complexity index is 610. The molecule has 0 spiro atoms. The van der Waals surface area contributed by atoms with Gasteiger partial charge in [-0.2, -0.15) is 4.31 Å². The monoisotopic (exact) mass is 328 g/mol. The molecule has 0 heterocycles. The smallest absolute Gasteiger partial charge is 0.251 e. The molecule has 0 aliphatic heterocycles. The van der Waals surface area contributed by atoms with Crippen molar-refractivity contribution in [3.05, 3.63) is 29.3 Å². The summed E-state index contributed by atoms with van der Waals surface area (Å²) in [5.74, 6) is -0.312. The number of hydrogen-bond donors (Lipinski definition) is 1. The van der Waals surface area contributed by atoms with Crippen molar-refractivity contribution in [2.24, 2.45) is 0 Å². The van der Waals surface area contributed by atoms with Crippen LogP contribution in [0.1, 0.15) is 29.8 Å². The van der Waals surface area contributed by atoms with E-state index in [-0.39, 0.29) is 10.8 Å². The zero-order valence-electron chi connectivity index (χ0n) is 13.5. The summed E-state index contributed by atoms with van der Waals surface area (Å²) in [6.45, 7) is 6.87. The average Bonchev–Trinajstić information content (AvgIpc) is 2.48. The van der Waals surface area contributed by atoms with Gasteiger partial charge in [0.1, 0.15) is 0 Å². The van der Waals surface area contributed by atoms with E-state index in [1.165, 1.54) is 10.4 Å². The van der Waals surface area contributed by atoms with Crippen molar-refractivity contribution in [3.8, 4) is 0 Å². The topological polar surface area (TPSA) is 75.7 Å². The summed E-state index contributed by atoms with van der Waals surface area (Å²) in [5.41, 5.74) is 0.952. The van der Waals surface area contributed by atoms with Crippen molar-refractivity contribution in [1.29, 1.82) is 0 Å². The number of hydrogen-bond acceptors (Lipinski definition) is 4. The molecule has 124 valence electrons. The molecule has 0 saturated heterocycles. The van der Waals surface area contributed by atoms with Gasteiger partial charge in [0, 0.05) is 32.3 Å². The highest BCUT2D eigenvalue weighted by Crippen LogP contribution is 2.21. The number of nitrogens with one attached hydrogen (secondary N) is 1. The molecule has 22 heavy (non-hydrogen) atoms. The third kappa shape index (κ3) is 4.28. The fourth-order valence-corrected chi connectivity index (χ4v) is 3.80. The van der Waals surface area contributed by atoms with Crippen molar-refractivity contribution in [1.82, 2.24) is 9.62 Å². The molecular formula is C15H24N2O4S. The first kappa shape index (κ1) is 18.6. The molecule has 0 aromatic heterocycles. The first-order valence-electron chi connectivity index (χ1n) is 7.26. The van der Waals surface area contributed by atoms with Gasteiger partial charge in [0.25, 0.3) is 5.91 Å². The van der Waals surface area contributed by atoms with Crippen LogP contribution < -0.4 is 5.32 Å². The second kappa shape index (κ2) is 8.26. The molecule has 6 nitrogen and oxygen atoms in total. The van der Waals surface area contributed by atoms with Crippen molar-refractivity contribution in [3.63, 3.8) is 0 Å². The Morgan fingerprint density at radius 3 is 2.45 bits per heavy atom. The number of aryl methyl sites for hydroxylation is 1. The lowest BCUT2D eigenvalue weighted by molar-refractivity contribution is 0.0937. The van der Waals surface area contributed by atoms with Crippen molar-refractivity contribution in [2.45, 2.75) is 25.7 Å². The van der Waals surface area contributed by atoms with E-state index < -0.39 is 10.0 Å². The number of methoxy groups -OCH3 is 1. The predicted molar refractivity (Wildman–Crippen MR) is 85.5 cm³/mol. The SMILES string of the molecule is CCN(CC)S(=O)(=O)c1cc(C(=O)NCCOC)ccc1C. The lowest BCUT2D eigenvalue weighted by Crippen LogP contribution is -2.32. The van der Waals surface area contributed by atoms with E-state index in [4.69, 9.17) is 4.74 Å². The first-order valence-corrected chi connectivity index (χ1v) is 8.70. The van der Waals surface area contributed by atoms with E-state index >= 15 is 0 Å². The van der Waals surface area contributed by atoms with Crippen LogP contribution in [0.3, 0.4) is 0 Å². The van der Waals surface area contributed by atoms with Crippen LogP contribution in [0.15, 0.2) is 23.1 Å². The van der Waals surface area contributed by atoms with E-state index in [1.807, 2.05) is 0 Å². The zero-order chi connectivity index (χ0) is 16.8. The molecule has 0 saturated carbocycles. The fraction of sp³-hybridized carbons (Fsp3) is 0.533. The number of amides is 1. The van der Waals surface area contributed by atoms with E-state index in [1.54, 1.807) is 40.0 Å². The van der Waals surface area contributed by atoms with Crippen LogP contribution >= 0.6 is 0 Å². The maximum absolute atomic E-state index is 12.6. The highest BCUT2D eigenvalue weighted by atomic mass is 32.2. The molecule has 0 atom stereocenters. The van der Waals surface area contributed by atoms with Gasteiger partial charge in [-0.1, -0.05) is 19.9 Å². The van der Waals surface area contributed by atoms with Crippen LogP contribution in [-0.4, -0.2) is 52.0 Å². The second-order valence-corrected chi connectivity index (χ2v) is 6.72. The summed E-state index contributed by atoms with van der Waals surface area (Å²) in [7, 11) is -2.04. The summed E-state index contributed by atoms with van der Waals surface area (Å²) >= 11 is 0. The summed E-state index contributed by atoms with van der Waals surface area (Å²) in [5, 5.41) is 2.68. The first-order chi connectivity index (χ1) is 10.4. The minimum absolute atomic E-state index is 0.176. The molecule has 1 amide bonds. The van der Waals surface area contributed by atoms with E-state index in [2.05, 4.69) is 5.32 Å². The zero-order valence-corrected chi connectivity index (χ0v) is 14.4. The number of carbonyl (C=O) groups excluding carboxylic acids is 1. The molecule has 0 fully saturated rings. The van der Waals surface area contributed by atoms with E-state index in [9.17, 15) is 13.2 Å². The molecule has 0 aliphatic rings. The maximum Gasteiger partial charge on any atom is 0.251 e. The standard InChI is InChI=1S/C15H24N2O4S/c1-5-17(6-2)22(19,20)14-11-13(8-7-12(14)3)15(18)16-9-10-21-4/h7-8,11H,5-6,9-10H2,1-4H3,(H,16,18). The Labute approximate surface area is 132 Å². The molecule has 1 rings (SSSR count). The van der Waals surface area contributed by atoms with Gasteiger partial charge >= 0.3 is 0 Å². The van der Waals surface area contributed by atoms with Crippen LogP contribution in [0.5, 0.6) is 0 Å². The normalized spacial score (nSPS) is 11.7. The van der Waals surface area contributed by atoms with Gasteiger partial charge in [-0.15, -0.1) is 0 Å². The van der Waals surface area contributed by atoms with Crippen LogP contribution in [0, 0.1) is 6.92 Å². The van der Waals surface area contributed by atoms with Gasteiger partial charge < -0.3 is 10.1 Å². The van der Waals surface area contributed by atoms with Crippen LogP contribution in [0.25, 0.3) is 0 Å². The summed E-state index contributed by atoms with van der Waals surface area (Å²) in [6.07, 6.45) is 0. The van der Waals surface area contributed by atoms with Gasteiger partial charge in [-0.3, -0.25) is 4.79 Å². The predicted octanol–water partition coefficient (Wildman–Crippen LogP) is 1.40. The molecule has 7 heteroatoms. The van der Waals surface area contributed by atoms with Gasteiger partial charge in [-0.05, 0) is 24.6 Å². The average molecular weight is 328 g/mol. The molecule has 0 bridgehead atoms. The van der Waals surface area contributed by atoms with Crippen LogP contribution in [0.2, 0.25) is 0 Å². The third-order valence-corrected chi connectivity index (χ3v) is 5.56. The number of sulfonamides is 1. The Morgan fingerprint density at radius 1 is 1.27 bits per heavy atom. The molecule has 1 N–H and O–H groups in total. The number of carbonyl (C=O) groups is 1. The van der Waals surface area contributed by atoms with Crippen molar-refractivity contribution >= 4 is 15.9 Å². The maximum atomic E-state index is 12.6. The Morgan fingerprint density at radius 2 is 1.91 bits per heavy atom. The highest BCUT2D eigenvalue weighted by Gasteiger charge is 2.24. The minimum Gasteiger partial charge on any atom is -0.383 e. The van der Waals surface area contributed by atoms with E-state index in [0.717, 1.165) is 0 Å². The molecule has 1 aromatic carbocycles. The van der Waals surface area contributed by atoms with Crippen LogP contribution in [-0.2, 0) is 14.8 Å². The third-order valence-electron chi connectivity index (χ3n) is 3.37. The molecule has 0 unspecified atom stereocenters. The molecular weight excluding hydrogens is 304 g/mol. The Hall–Kier alpha value is -1.44. The number of ether oxygens (including phenoxy) is 1. The minimum atomic E-state index is -3.58. The van der Waals surface area contributed by atoms with Crippen molar-refractivity contribution < 1.29 is 17.9 Å². The van der Waals surface area contributed by atoms with Crippen LogP contribution in [0.4, 0.5) is 0 Å². The lowest BCUT2D eigenvalue weighted by Gasteiger charge is -2.20. The fourth-order valence-electron chi connectivity index (χ4n) is 2.09. The number of benzene rings is 1. The van der Waals surface area contributed by atoms with E-state index in [0.29, 0.717) is 37.4 Å². The summed E-state index contributed by atoms with van der Waals surface area (Å²) in [6, 6.07) is 4.71. The van der Waals surface area contributed by atoms with Gasteiger partial charge in [0.05, 0.1) is 11.5 Å². The number of nitrogens with zero attached hydrogens (tertiary/aromatic N) is 1.